The maximum atomic E-state index is 14.1. The number of nitrogens with zero attached hydrogens (tertiary/aromatic N) is 8. The summed E-state index contributed by atoms with van der Waals surface area (Å²) in [6, 6.07) is 25.0. The summed E-state index contributed by atoms with van der Waals surface area (Å²) in [6.45, 7) is 8.73. The first-order chi connectivity index (χ1) is 26.2. The number of hydrogen-bond acceptors (Lipinski definition) is 10. The minimum absolute atomic E-state index is 0.141. The first-order valence-electron chi connectivity index (χ1n) is 19.1. The smallest absolute Gasteiger partial charge is 0.411 e. The third-order valence-electron chi connectivity index (χ3n) is 11.7. The number of aromatic nitrogens is 2. The average Bonchev–Trinajstić information content (AvgIpc) is 3.73. The largest absolute Gasteiger partial charge is 0.462 e. The lowest BCUT2D eigenvalue weighted by atomic mass is 9.99. The van der Waals surface area contributed by atoms with Gasteiger partial charge in [0.15, 0.2) is 0 Å². The number of fused-ring (bicyclic) bond motifs is 2. The zero-order valence-corrected chi connectivity index (χ0v) is 31.4. The highest BCUT2D eigenvalue weighted by molar-refractivity contribution is 5.97. The number of hydrogen-bond donors (Lipinski definition) is 0. The van der Waals surface area contributed by atoms with Crippen molar-refractivity contribution < 1.29 is 19.1 Å². The number of carbonyl (C=O) groups excluding carboxylic acids is 2. The quantitative estimate of drug-likeness (QED) is 0.210. The van der Waals surface area contributed by atoms with Crippen LogP contribution in [0.25, 0.3) is 10.8 Å². The summed E-state index contributed by atoms with van der Waals surface area (Å²) in [5, 5.41) is 12.4. The number of carbonyl (C=O) groups is 2. The number of rotatable bonds is 9. The molecule has 0 bridgehead atoms. The molecule has 0 aliphatic carbocycles. The van der Waals surface area contributed by atoms with E-state index in [0.717, 1.165) is 55.0 Å². The number of amides is 2. The Morgan fingerprint density at radius 1 is 0.963 bits per heavy atom. The van der Waals surface area contributed by atoms with Crippen LogP contribution >= 0.6 is 0 Å². The summed E-state index contributed by atoms with van der Waals surface area (Å²) < 4.78 is 11.9. The Bertz CT molecular complexity index is 2080. The molecule has 1 unspecified atom stereocenters. The molecule has 12 heteroatoms. The van der Waals surface area contributed by atoms with Crippen LogP contribution in [0.2, 0.25) is 0 Å². The Kier molecular flexibility index (Phi) is 9.75. The lowest BCUT2D eigenvalue weighted by molar-refractivity contribution is -0.137. The predicted octanol–water partition coefficient (Wildman–Crippen LogP) is 5.32. The van der Waals surface area contributed by atoms with E-state index >= 15 is 0 Å². The third-order valence-corrected chi connectivity index (χ3v) is 11.7. The zero-order valence-electron chi connectivity index (χ0n) is 31.4. The fraction of sp³-hybridized carbons (Fsp3) is 0.452. The van der Waals surface area contributed by atoms with Crippen molar-refractivity contribution in [3.05, 3.63) is 89.1 Å². The molecule has 3 fully saturated rings. The number of benzene rings is 3. The van der Waals surface area contributed by atoms with E-state index in [9.17, 15) is 14.9 Å². The number of likely N-dealkylation sites (N-methyl/N-ethyl adjacent to an activating group) is 1. The summed E-state index contributed by atoms with van der Waals surface area (Å²) in [4.78, 5) is 47.4. The maximum absolute atomic E-state index is 14.1. The van der Waals surface area contributed by atoms with E-state index in [1.54, 1.807) is 11.8 Å². The number of ether oxygens (including phenoxy) is 2. The summed E-state index contributed by atoms with van der Waals surface area (Å²) in [5.41, 5.74) is 4.34. The molecule has 0 spiro atoms. The Hall–Kier alpha value is -5.41. The molecule has 5 heterocycles. The first kappa shape index (κ1) is 35.6. The fourth-order valence-corrected chi connectivity index (χ4v) is 8.47. The lowest BCUT2D eigenvalue weighted by Crippen LogP contribution is -2.58. The first-order valence-corrected chi connectivity index (χ1v) is 19.1. The maximum Gasteiger partial charge on any atom is 0.411 e. The van der Waals surface area contributed by atoms with Crippen molar-refractivity contribution in [2.24, 2.45) is 0 Å². The highest BCUT2D eigenvalue weighted by Gasteiger charge is 2.60. The Morgan fingerprint density at radius 2 is 1.78 bits per heavy atom. The Morgan fingerprint density at radius 3 is 2.56 bits per heavy atom. The molecule has 8 rings (SSSR count). The monoisotopic (exact) mass is 728 g/mol. The second-order valence-corrected chi connectivity index (χ2v) is 15.3. The molecule has 4 aliphatic rings. The van der Waals surface area contributed by atoms with E-state index in [4.69, 9.17) is 19.4 Å². The van der Waals surface area contributed by atoms with Crippen molar-refractivity contribution in [1.82, 2.24) is 24.7 Å². The van der Waals surface area contributed by atoms with Gasteiger partial charge in [0.05, 0.1) is 37.3 Å². The van der Waals surface area contributed by atoms with Crippen LogP contribution in [-0.4, -0.2) is 107 Å². The molecule has 54 heavy (non-hydrogen) atoms. The molecule has 3 saturated heterocycles. The van der Waals surface area contributed by atoms with Crippen LogP contribution in [-0.2, 0) is 29.1 Å². The van der Waals surface area contributed by atoms with E-state index in [0.29, 0.717) is 44.8 Å². The van der Waals surface area contributed by atoms with E-state index in [1.165, 1.54) is 26.9 Å². The van der Waals surface area contributed by atoms with Crippen molar-refractivity contribution >= 4 is 34.3 Å². The van der Waals surface area contributed by atoms with Crippen LogP contribution in [0.4, 0.5) is 16.3 Å². The third kappa shape index (κ3) is 6.89. The summed E-state index contributed by atoms with van der Waals surface area (Å²) in [6.07, 6.45) is 2.63. The number of nitriles is 1. The summed E-state index contributed by atoms with van der Waals surface area (Å²) >= 11 is 0. The van der Waals surface area contributed by atoms with Gasteiger partial charge in [-0.05, 0) is 69.3 Å². The molecule has 4 aliphatic heterocycles. The van der Waals surface area contributed by atoms with E-state index in [1.807, 2.05) is 30.3 Å². The minimum Gasteiger partial charge on any atom is -0.462 e. The topological polar surface area (TPSA) is 118 Å². The van der Waals surface area contributed by atoms with Crippen LogP contribution in [0.1, 0.15) is 48.6 Å². The van der Waals surface area contributed by atoms with E-state index in [2.05, 4.69) is 71.1 Å². The summed E-state index contributed by atoms with van der Waals surface area (Å²) in [5.74, 6) is 0.664. The minimum atomic E-state index is -1.00. The normalized spacial score (nSPS) is 22.6. The van der Waals surface area contributed by atoms with Crippen molar-refractivity contribution in [2.75, 3.05) is 62.7 Å². The highest BCUT2D eigenvalue weighted by Crippen LogP contribution is 2.39. The standard InChI is InChI=1S/C42H48N8O4/c1-29-10-7-13-31-14-8-16-36(37(29)31)47-21-18-34-35(25-47)44-40(53-27-33-15-9-20-46(33)3)45-38(34)48-22-23-49(32(24-48)17-19-43)39(51)42(2)28-50(42)41(52)54-26-30-11-5-4-6-12-30/h4-8,10-14,16,32-33H,9,15,17-18,20-28H2,1-3H3/t32-,33-,42?,50?/m0/s1. The van der Waals surface area contributed by atoms with Gasteiger partial charge in [0.25, 0.3) is 5.91 Å². The van der Waals surface area contributed by atoms with Gasteiger partial charge in [0.1, 0.15) is 24.6 Å². The van der Waals surface area contributed by atoms with Gasteiger partial charge in [-0.15, -0.1) is 0 Å². The molecule has 3 aromatic carbocycles. The van der Waals surface area contributed by atoms with Crippen molar-refractivity contribution in [1.29, 1.82) is 5.26 Å². The van der Waals surface area contributed by atoms with Gasteiger partial charge in [0.2, 0.25) is 0 Å². The second kappa shape index (κ2) is 14.8. The molecule has 3 atom stereocenters. The van der Waals surface area contributed by atoms with Gasteiger partial charge in [-0.3, -0.25) is 9.69 Å². The second-order valence-electron chi connectivity index (χ2n) is 15.3. The van der Waals surface area contributed by atoms with Crippen LogP contribution in [0.3, 0.4) is 0 Å². The molecule has 1 aromatic heterocycles. The van der Waals surface area contributed by atoms with E-state index in [-0.39, 0.29) is 31.5 Å². The van der Waals surface area contributed by atoms with Crippen LogP contribution in [0.5, 0.6) is 6.01 Å². The van der Waals surface area contributed by atoms with Gasteiger partial charge in [-0.1, -0.05) is 60.7 Å². The van der Waals surface area contributed by atoms with Gasteiger partial charge < -0.3 is 29.1 Å². The molecule has 0 saturated carbocycles. The van der Waals surface area contributed by atoms with Crippen molar-refractivity contribution in [3.8, 4) is 12.1 Å². The number of piperazine rings is 1. The average molecular weight is 729 g/mol. The molecule has 2 amide bonds. The molecular weight excluding hydrogens is 681 g/mol. The summed E-state index contributed by atoms with van der Waals surface area (Å²) in [7, 11) is 2.13. The Labute approximate surface area is 316 Å². The van der Waals surface area contributed by atoms with Gasteiger partial charge >= 0.3 is 12.1 Å². The number of aryl methyl sites for hydroxylation is 1. The molecule has 4 aromatic rings. The zero-order chi connectivity index (χ0) is 37.4. The van der Waals surface area contributed by atoms with Crippen molar-refractivity contribution in [3.63, 3.8) is 0 Å². The molecule has 0 radical (unpaired) electrons. The number of anilines is 2. The molecule has 280 valence electrons. The lowest BCUT2D eigenvalue weighted by Gasteiger charge is -2.43. The van der Waals surface area contributed by atoms with E-state index < -0.39 is 11.6 Å². The van der Waals surface area contributed by atoms with Gasteiger partial charge in [-0.25, -0.2) is 4.79 Å². The predicted molar refractivity (Wildman–Crippen MR) is 206 cm³/mol. The molecule has 12 nitrogen and oxygen atoms in total. The Balaban J connectivity index is 1.03. The van der Waals surface area contributed by atoms with Gasteiger partial charge in [0, 0.05) is 48.9 Å². The van der Waals surface area contributed by atoms with Crippen LogP contribution in [0.15, 0.2) is 66.7 Å². The fourth-order valence-electron chi connectivity index (χ4n) is 8.47. The van der Waals surface area contributed by atoms with Crippen LogP contribution < -0.4 is 14.5 Å². The molecule has 0 N–H and O–H groups in total. The van der Waals surface area contributed by atoms with Gasteiger partial charge in [-0.2, -0.15) is 15.2 Å². The SMILES string of the molecule is Cc1cccc2cccc(N3CCc4c(nc(OC[C@@H]5CCCN5C)nc4N4CCN(C(=O)C5(C)CN5C(=O)OCc5ccccc5)[C@@H](CC#N)C4)C3)c12. The van der Waals surface area contributed by atoms with Crippen molar-refractivity contribution in [2.45, 2.75) is 70.3 Å². The number of likely N-dealkylation sites (tertiary alicyclic amines) is 1. The highest BCUT2D eigenvalue weighted by atomic mass is 16.6. The molecular formula is C42H48N8O4. The van der Waals surface area contributed by atoms with Crippen LogP contribution in [0, 0.1) is 18.3 Å².